The fourth-order valence-electron chi connectivity index (χ4n) is 2.54. The average molecular weight is 315 g/mol. The van der Waals surface area contributed by atoms with Crippen LogP contribution in [0.2, 0.25) is 0 Å². The van der Waals surface area contributed by atoms with Crippen LogP contribution in [-0.4, -0.2) is 29.3 Å². The largest absolute Gasteiger partial charge is 0.374 e. The number of carbonyl (C=O) groups excluding carboxylic acids is 1. The minimum atomic E-state index is -0.103. The summed E-state index contributed by atoms with van der Waals surface area (Å²) >= 11 is 0. The summed E-state index contributed by atoms with van der Waals surface area (Å²) in [6, 6.07) is 7.62. The van der Waals surface area contributed by atoms with Crippen molar-refractivity contribution in [1.29, 1.82) is 0 Å². The topological polar surface area (TPSA) is 83.3 Å². The fourth-order valence-corrected chi connectivity index (χ4v) is 2.54. The van der Waals surface area contributed by atoms with Crippen LogP contribution < -0.4 is 15.5 Å². The van der Waals surface area contributed by atoms with Crippen LogP contribution in [-0.2, 0) is 6.42 Å². The van der Waals surface area contributed by atoms with Gasteiger partial charge >= 0.3 is 6.03 Å². The highest BCUT2D eigenvalue weighted by Crippen LogP contribution is 2.24. The number of hydrogen-bond donors (Lipinski definition) is 2. The van der Waals surface area contributed by atoms with E-state index < -0.39 is 0 Å². The Morgan fingerprint density at radius 2 is 2.35 bits per heavy atom. The predicted molar refractivity (Wildman–Crippen MR) is 87.5 cm³/mol. The molecule has 122 valence electrons. The molecule has 23 heavy (non-hydrogen) atoms. The van der Waals surface area contributed by atoms with E-state index in [1.807, 2.05) is 38.1 Å². The van der Waals surface area contributed by atoms with Gasteiger partial charge in [0.25, 0.3) is 0 Å². The van der Waals surface area contributed by atoms with Crippen molar-refractivity contribution >= 4 is 17.4 Å². The van der Waals surface area contributed by atoms with Gasteiger partial charge in [-0.3, -0.25) is 4.90 Å². The number of amides is 2. The molecule has 1 aliphatic rings. The zero-order valence-electron chi connectivity index (χ0n) is 13.4. The normalized spacial score (nSPS) is 16.1. The van der Waals surface area contributed by atoms with Gasteiger partial charge in [-0.05, 0) is 31.5 Å². The van der Waals surface area contributed by atoms with E-state index in [0.717, 1.165) is 37.3 Å². The Bertz CT molecular complexity index is 685. The van der Waals surface area contributed by atoms with Crippen molar-refractivity contribution in [2.75, 3.05) is 23.3 Å². The molecular formula is C16H21N5O2. The number of anilines is 2. The Balaban J connectivity index is 1.73. The third-order valence-electron chi connectivity index (χ3n) is 3.79. The lowest BCUT2D eigenvalue weighted by Crippen LogP contribution is -2.46. The molecule has 1 aliphatic heterocycles. The molecule has 2 heterocycles. The van der Waals surface area contributed by atoms with Crippen LogP contribution in [0.1, 0.15) is 38.0 Å². The van der Waals surface area contributed by atoms with E-state index in [1.165, 1.54) is 0 Å². The number of hydrogen-bond acceptors (Lipinski definition) is 5. The monoisotopic (exact) mass is 315 g/mol. The van der Waals surface area contributed by atoms with Gasteiger partial charge in [0.05, 0.1) is 0 Å². The number of benzene rings is 1. The van der Waals surface area contributed by atoms with Crippen molar-refractivity contribution < 1.29 is 9.32 Å². The molecule has 7 heteroatoms. The van der Waals surface area contributed by atoms with Crippen molar-refractivity contribution in [3.8, 4) is 0 Å². The van der Waals surface area contributed by atoms with Crippen LogP contribution in [0.3, 0.4) is 0 Å². The van der Waals surface area contributed by atoms with E-state index in [9.17, 15) is 4.79 Å². The maximum atomic E-state index is 11.9. The molecule has 1 atom stereocenters. The smallest absolute Gasteiger partial charge is 0.321 e. The first-order valence-corrected chi connectivity index (χ1v) is 7.92. The molecule has 3 rings (SSSR count). The van der Waals surface area contributed by atoms with Crippen LogP contribution >= 0.6 is 0 Å². The molecule has 1 saturated heterocycles. The number of nitrogens with one attached hydrogen (secondary N) is 2. The summed E-state index contributed by atoms with van der Waals surface area (Å²) in [7, 11) is 0. The molecule has 2 aromatic rings. The minimum Gasteiger partial charge on any atom is -0.374 e. The first-order valence-electron chi connectivity index (χ1n) is 7.92. The van der Waals surface area contributed by atoms with Crippen LogP contribution in [0.25, 0.3) is 0 Å². The SMILES string of the molecule is CCc1noc(C(C)Nc2cccc(N3CCCNC3=O)c2)n1. The molecule has 0 saturated carbocycles. The summed E-state index contributed by atoms with van der Waals surface area (Å²) in [4.78, 5) is 18.0. The predicted octanol–water partition coefficient (Wildman–Crippen LogP) is 2.72. The molecular weight excluding hydrogens is 294 g/mol. The molecule has 0 radical (unpaired) electrons. The van der Waals surface area contributed by atoms with Crippen molar-refractivity contribution in [1.82, 2.24) is 15.5 Å². The molecule has 1 aromatic heterocycles. The molecule has 1 aromatic carbocycles. The number of carbonyl (C=O) groups is 1. The van der Waals surface area contributed by atoms with Gasteiger partial charge in [0.15, 0.2) is 5.82 Å². The van der Waals surface area contributed by atoms with Gasteiger partial charge in [0.2, 0.25) is 5.89 Å². The number of rotatable bonds is 5. The van der Waals surface area contributed by atoms with Crippen LogP contribution in [0.4, 0.5) is 16.2 Å². The van der Waals surface area contributed by atoms with E-state index >= 15 is 0 Å². The second-order valence-corrected chi connectivity index (χ2v) is 5.56. The number of aromatic nitrogens is 2. The average Bonchev–Trinajstić information content (AvgIpc) is 3.05. The first kappa shape index (κ1) is 15.3. The summed E-state index contributed by atoms with van der Waals surface area (Å²) in [5.74, 6) is 1.26. The third-order valence-corrected chi connectivity index (χ3v) is 3.79. The molecule has 1 fully saturated rings. The minimum absolute atomic E-state index is 0.0501. The van der Waals surface area contributed by atoms with Crippen LogP contribution in [0, 0.1) is 0 Å². The maximum absolute atomic E-state index is 11.9. The van der Waals surface area contributed by atoms with Crippen LogP contribution in [0.5, 0.6) is 0 Å². The molecule has 0 aliphatic carbocycles. The number of nitrogens with zero attached hydrogens (tertiary/aromatic N) is 3. The van der Waals surface area contributed by atoms with E-state index in [-0.39, 0.29) is 12.1 Å². The van der Waals surface area contributed by atoms with Gasteiger partial charge in [0.1, 0.15) is 6.04 Å². The zero-order valence-corrected chi connectivity index (χ0v) is 13.4. The van der Waals surface area contributed by atoms with Crippen molar-refractivity contribution in [2.24, 2.45) is 0 Å². The quantitative estimate of drug-likeness (QED) is 0.886. The van der Waals surface area contributed by atoms with Gasteiger partial charge in [-0.15, -0.1) is 0 Å². The summed E-state index contributed by atoms with van der Waals surface area (Å²) in [5.41, 5.74) is 1.78. The van der Waals surface area contributed by atoms with E-state index in [4.69, 9.17) is 4.52 Å². The second kappa shape index (κ2) is 6.68. The van der Waals surface area contributed by atoms with Gasteiger partial charge in [-0.1, -0.05) is 18.1 Å². The number of urea groups is 1. The summed E-state index contributed by atoms with van der Waals surface area (Å²) in [5, 5.41) is 10.1. The Kier molecular flexibility index (Phi) is 4.45. The van der Waals surface area contributed by atoms with Gasteiger partial charge in [-0.2, -0.15) is 4.98 Å². The lowest BCUT2D eigenvalue weighted by atomic mass is 10.2. The van der Waals surface area contributed by atoms with E-state index in [0.29, 0.717) is 11.7 Å². The summed E-state index contributed by atoms with van der Waals surface area (Å²) in [6.45, 7) is 5.42. The van der Waals surface area contributed by atoms with Crippen molar-refractivity contribution in [3.63, 3.8) is 0 Å². The highest BCUT2D eigenvalue weighted by atomic mass is 16.5. The van der Waals surface area contributed by atoms with Crippen LogP contribution in [0.15, 0.2) is 28.8 Å². The van der Waals surface area contributed by atoms with Crippen molar-refractivity contribution in [3.05, 3.63) is 36.0 Å². The Morgan fingerprint density at radius 3 is 3.09 bits per heavy atom. The molecule has 7 nitrogen and oxygen atoms in total. The zero-order chi connectivity index (χ0) is 16.2. The van der Waals surface area contributed by atoms with Gasteiger partial charge in [-0.25, -0.2) is 4.79 Å². The molecule has 2 amide bonds. The highest BCUT2D eigenvalue weighted by molar-refractivity contribution is 5.93. The van der Waals surface area contributed by atoms with E-state index in [1.54, 1.807) is 4.90 Å². The molecule has 1 unspecified atom stereocenters. The lowest BCUT2D eigenvalue weighted by molar-refractivity contribution is 0.243. The molecule has 0 bridgehead atoms. The molecule has 0 spiro atoms. The fraction of sp³-hybridized carbons (Fsp3) is 0.438. The number of aryl methyl sites for hydroxylation is 1. The maximum Gasteiger partial charge on any atom is 0.321 e. The summed E-state index contributed by atoms with van der Waals surface area (Å²) < 4.78 is 5.26. The third kappa shape index (κ3) is 3.44. The Labute approximate surface area is 135 Å². The molecule has 2 N–H and O–H groups in total. The summed E-state index contributed by atoms with van der Waals surface area (Å²) in [6.07, 6.45) is 1.69. The standard InChI is InChI=1S/C16H21N5O2/c1-3-14-19-15(23-20-14)11(2)18-12-6-4-7-13(10-12)21-9-5-8-17-16(21)22/h4,6-7,10-11,18H,3,5,8-9H2,1-2H3,(H,17,22). The first-order chi connectivity index (χ1) is 11.2. The second-order valence-electron chi connectivity index (χ2n) is 5.56. The van der Waals surface area contributed by atoms with Gasteiger partial charge in [0, 0.05) is 30.9 Å². The Morgan fingerprint density at radius 1 is 1.48 bits per heavy atom. The highest BCUT2D eigenvalue weighted by Gasteiger charge is 2.20. The lowest BCUT2D eigenvalue weighted by Gasteiger charge is -2.28. The Hall–Kier alpha value is -2.57. The van der Waals surface area contributed by atoms with E-state index in [2.05, 4.69) is 20.8 Å². The van der Waals surface area contributed by atoms with Gasteiger partial charge < -0.3 is 15.2 Å². The van der Waals surface area contributed by atoms with Crippen molar-refractivity contribution in [2.45, 2.75) is 32.7 Å².